The van der Waals surface area contributed by atoms with Crippen LogP contribution in [0.4, 0.5) is 0 Å². The van der Waals surface area contributed by atoms with E-state index < -0.39 is 0 Å². The van der Waals surface area contributed by atoms with E-state index in [2.05, 4.69) is 10.5 Å². The molecule has 0 aliphatic carbocycles. The second kappa shape index (κ2) is 10.5. The highest BCUT2D eigenvalue weighted by molar-refractivity contribution is 6.43. The molecule has 0 bridgehead atoms. The summed E-state index contributed by atoms with van der Waals surface area (Å²) in [6, 6.07) is 10.3. The van der Waals surface area contributed by atoms with Crippen LogP contribution in [0.5, 0.6) is 11.5 Å². The monoisotopic (exact) mass is 463 g/mol. The molecular formula is C22H23Cl2N3O4. The van der Waals surface area contributed by atoms with Crippen molar-refractivity contribution in [3.8, 4) is 11.5 Å². The molecule has 0 unspecified atom stereocenters. The molecule has 0 atom stereocenters. The number of benzene rings is 2. The van der Waals surface area contributed by atoms with Crippen molar-refractivity contribution in [2.45, 2.75) is 12.8 Å². The van der Waals surface area contributed by atoms with Crippen molar-refractivity contribution in [1.29, 1.82) is 0 Å². The molecule has 1 N–H and O–H groups in total. The first-order chi connectivity index (χ1) is 14.9. The number of amides is 2. The van der Waals surface area contributed by atoms with Gasteiger partial charge in [-0.15, -0.1) is 0 Å². The molecule has 3 rings (SSSR count). The van der Waals surface area contributed by atoms with Crippen molar-refractivity contribution < 1.29 is 19.1 Å². The lowest BCUT2D eigenvalue weighted by atomic mass is 9.95. The molecule has 0 spiro atoms. The molecule has 2 aromatic rings. The van der Waals surface area contributed by atoms with E-state index in [4.69, 9.17) is 32.7 Å². The van der Waals surface area contributed by atoms with Crippen molar-refractivity contribution in [1.82, 2.24) is 10.3 Å². The predicted molar refractivity (Wildman–Crippen MR) is 120 cm³/mol. The first-order valence-electron chi connectivity index (χ1n) is 9.72. The SMILES string of the molecule is COc1cc(OC)cc(C(=O)N2CCC(C(=O)N/N=C\c3cccc(Cl)c3Cl)CC2)c1. The van der Waals surface area contributed by atoms with E-state index in [1.807, 2.05) is 0 Å². The number of carbonyl (C=O) groups excluding carboxylic acids is 2. The van der Waals surface area contributed by atoms with Gasteiger partial charge in [0.1, 0.15) is 11.5 Å². The Morgan fingerprint density at radius 3 is 2.35 bits per heavy atom. The Hall–Kier alpha value is -2.77. The van der Waals surface area contributed by atoms with Crippen molar-refractivity contribution in [2.75, 3.05) is 27.3 Å². The van der Waals surface area contributed by atoms with Gasteiger partial charge in [0.15, 0.2) is 0 Å². The van der Waals surface area contributed by atoms with Gasteiger partial charge in [0.05, 0.1) is 30.5 Å². The van der Waals surface area contributed by atoms with Gasteiger partial charge in [0, 0.05) is 36.2 Å². The van der Waals surface area contributed by atoms with E-state index in [0.717, 1.165) is 0 Å². The third-order valence-electron chi connectivity index (χ3n) is 5.11. The highest BCUT2D eigenvalue weighted by Crippen LogP contribution is 2.26. The maximum absolute atomic E-state index is 12.9. The van der Waals surface area contributed by atoms with E-state index >= 15 is 0 Å². The van der Waals surface area contributed by atoms with E-state index in [9.17, 15) is 9.59 Å². The second-order valence-electron chi connectivity index (χ2n) is 7.05. The van der Waals surface area contributed by atoms with Crippen LogP contribution in [0.1, 0.15) is 28.8 Å². The Labute approximate surface area is 190 Å². The lowest BCUT2D eigenvalue weighted by Crippen LogP contribution is -2.42. The van der Waals surface area contributed by atoms with Crippen molar-refractivity contribution in [3.05, 3.63) is 57.6 Å². The molecule has 9 heteroatoms. The molecule has 1 saturated heterocycles. The molecule has 1 heterocycles. The Morgan fingerprint density at radius 2 is 1.74 bits per heavy atom. The number of hydrogen-bond donors (Lipinski definition) is 1. The summed E-state index contributed by atoms with van der Waals surface area (Å²) in [5.41, 5.74) is 3.65. The molecule has 0 saturated carbocycles. The number of ether oxygens (including phenoxy) is 2. The van der Waals surface area contributed by atoms with Crippen molar-refractivity contribution in [3.63, 3.8) is 0 Å². The Kier molecular flexibility index (Phi) is 7.76. The van der Waals surface area contributed by atoms with Crippen LogP contribution in [-0.4, -0.2) is 50.2 Å². The summed E-state index contributed by atoms with van der Waals surface area (Å²) in [5, 5.41) is 4.78. The quantitative estimate of drug-likeness (QED) is 0.518. The second-order valence-corrected chi connectivity index (χ2v) is 7.83. The zero-order valence-corrected chi connectivity index (χ0v) is 18.7. The lowest BCUT2D eigenvalue weighted by molar-refractivity contribution is -0.126. The van der Waals surface area contributed by atoms with Crippen LogP contribution >= 0.6 is 23.2 Å². The van der Waals surface area contributed by atoms with Gasteiger partial charge >= 0.3 is 0 Å². The number of rotatable bonds is 6. The van der Waals surface area contributed by atoms with Gasteiger partial charge < -0.3 is 14.4 Å². The number of hydrogen-bond acceptors (Lipinski definition) is 5. The lowest BCUT2D eigenvalue weighted by Gasteiger charge is -2.31. The van der Waals surface area contributed by atoms with Gasteiger partial charge in [-0.25, -0.2) is 5.43 Å². The average Bonchev–Trinajstić information content (AvgIpc) is 2.80. The molecule has 164 valence electrons. The number of carbonyl (C=O) groups is 2. The molecule has 0 aromatic heterocycles. The van der Waals surface area contributed by atoms with Gasteiger partial charge in [0.25, 0.3) is 5.91 Å². The number of piperidine rings is 1. The molecular weight excluding hydrogens is 441 g/mol. The fraction of sp³-hybridized carbons (Fsp3) is 0.318. The van der Waals surface area contributed by atoms with E-state index in [1.165, 1.54) is 20.4 Å². The fourth-order valence-electron chi connectivity index (χ4n) is 3.34. The first kappa shape index (κ1) is 22.9. The van der Waals surface area contributed by atoms with Crippen LogP contribution in [0.15, 0.2) is 41.5 Å². The molecule has 1 aliphatic heterocycles. The number of nitrogens with one attached hydrogen (secondary N) is 1. The molecule has 2 amide bonds. The summed E-state index contributed by atoms with van der Waals surface area (Å²) in [6.07, 6.45) is 2.55. The minimum atomic E-state index is -0.226. The molecule has 31 heavy (non-hydrogen) atoms. The Balaban J connectivity index is 1.55. The Morgan fingerprint density at radius 1 is 1.10 bits per heavy atom. The van der Waals surface area contributed by atoms with Crippen molar-refractivity contribution in [2.24, 2.45) is 11.0 Å². The molecule has 0 radical (unpaired) electrons. The summed E-state index contributed by atoms with van der Waals surface area (Å²) in [4.78, 5) is 27.0. The largest absolute Gasteiger partial charge is 0.497 e. The third-order valence-corrected chi connectivity index (χ3v) is 5.94. The fourth-order valence-corrected chi connectivity index (χ4v) is 3.69. The number of likely N-dealkylation sites (tertiary alicyclic amines) is 1. The Bertz CT molecular complexity index is 966. The molecule has 7 nitrogen and oxygen atoms in total. The van der Waals surface area contributed by atoms with Crippen LogP contribution in [0.3, 0.4) is 0 Å². The van der Waals surface area contributed by atoms with E-state index in [1.54, 1.807) is 41.3 Å². The molecule has 1 fully saturated rings. The minimum Gasteiger partial charge on any atom is -0.497 e. The van der Waals surface area contributed by atoms with Gasteiger partial charge in [-0.2, -0.15) is 5.10 Å². The standard InChI is InChI=1S/C22H23Cl2N3O4/c1-30-17-10-16(11-18(12-17)31-2)22(29)27-8-6-14(7-9-27)21(28)26-25-13-15-4-3-5-19(23)20(15)24/h3-5,10-14H,6-9H2,1-2H3,(H,26,28)/b25-13-. The minimum absolute atomic E-state index is 0.121. The van der Waals surface area contributed by atoms with Gasteiger partial charge in [-0.1, -0.05) is 35.3 Å². The highest BCUT2D eigenvalue weighted by Gasteiger charge is 2.28. The summed E-state index contributed by atoms with van der Waals surface area (Å²) in [5.74, 6) is 0.564. The number of nitrogens with zero attached hydrogens (tertiary/aromatic N) is 2. The summed E-state index contributed by atoms with van der Waals surface area (Å²) in [7, 11) is 3.08. The summed E-state index contributed by atoms with van der Waals surface area (Å²) < 4.78 is 10.5. The van der Waals surface area contributed by atoms with Gasteiger partial charge in [0.2, 0.25) is 5.91 Å². The van der Waals surface area contributed by atoms with Crippen LogP contribution in [0, 0.1) is 5.92 Å². The number of hydrazone groups is 1. The zero-order valence-electron chi connectivity index (χ0n) is 17.2. The number of halogens is 2. The summed E-state index contributed by atoms with van der Waals surface area (Å²) >= 11 is 12.1. The van der Waals surface area contributed by atoms with Crippen LogP contribution in [-0.2, 0) is 4.79 Å². The third kappa shape index (κ3) is 5.68. The summed E-state index contributed by atoms with van der Waals surface area (Å²) in [6.45, 7) is 0.945. The first-order valence-corrected chi connectivity index (χ1v) is 10.5. The van der Waals surface area contributed by atoms with Crippen LogP contribution in [0.2, 0.25) is 10.0 Å². The van der Waals surface area contributed by atoms with Gasteiger partial charge in [-0.3, -0.25) is 9.59 Å². The smallest absolute Gasteiger partial charge is 0.254 e. The van der Waals surface area contributed by atoms with Crippen molar-refractivity contribution >= 4 is 41.2 Å². The topological polar surface area (TPSA) is 80.2 Å². The predicted octanol–water partition coefficient (Wildman–Crippen LogP) is 4.01. The maximum Gasteiger partial charge on any atom is 0.254 e. The number of methoxy groups -OCH3 is 2. The molecule has 1 aliphatic rings. The van der Waals surface area contributed by atoms with E-state index in [-0.39, 0.29) is 17.7 Å². The van der Waals surface area contributed by atoms with E-state index in [0.29, 0.717) is 58.6 Å². The normalized spacial score (nSPS) is 14.5. The van der Waals surface area contributed by atoms with Crippen LogP contribution < -0.4 is 14.9 Å². The molecule has 2 aromatic carbocycles. The maximum atomic E-state index is 12.9. The average molecular weight is 464 g/mol. The highest BCUT2D eigenvalue weighted by atomic mass is 35.5. The van der Waals surface area contributed by atoms with Crippen LogP contribution in [0.25, 0.3) is 0 Å². The van der Waals surface area contributed by atoms with Gasteiger partial charge in [-0.05, 0) is 31.0 Å². The zero-order chi connectivity index (χ0) is 22.4.